The number of nitrogens with one attached hydrogen (secondary N) is 1. The molecule has 1 amide bonds. The molecule has 0 aliphatic heterocycles. The van der Waals surface area contributed by atoms with Gasteiger partial charge in [-0.2, -0.15) is 0 Å². The molecule has 3 rings (SSSR count). The topological polar surface area (TPSA) is 68.3 Å². The summed E-state index contributed by atoms with van der Waals surface area (Å²) in [5.41, 5.74) is 3.26. The number of nitrogens with zero attached hydrogens (tertiary/aromatic N) is 1. The van der Waals surface area contributed by atoms with Crippen molar-refractivity contribution in [1.82, 2.24) is 4.98 Å². The Labute approximate surface area is 162 Å². The van der Waals surface area contributed by atoms with Crippen LogP contribution in [0.4, 0.5) is 5.69 Å². The SMILES string of the molecule is CCc1nc2ccccc2c(C)c1C(=O)OCC(=O)Nc1cccc(Cl)c1. The van der Waals surface area contributed by atoms with Gasteiger partial charge in [0.25, 0.3) is 5.91 Å². The molecule has 0 aliphatic carbocycles. The van der Waals surface area contributed by atoms with Crippen LogP contribution in [-0.4, -0.2) is 23.5 Å². The van der Waals surface area contributed by atoms with Gasteiger partial charge in [0.1, 0.15) is 0 Å². The van der Waals surface area contributed by atoms with Gasteiger partial charge in [0.15, 0.2) is 6.61 Å². The quantitative estimate of drug-likeness (QED) is 0.657. The van der Waals surface area contributed by atoms with E-state index in [2.05, 4.69) is 10.3 Å². The fourth-order valence-electron chi connectivity index (χ4n) is 2.93. The maximum absolute atomic E-state index is 12.6. The normalized spacial score (nSPS) is 10.6. The van der Waals surface area contributed by atoms with Crippen molar-refractivity contribution in [3.05, 3.63) is 70.4 Å². The number of amides is 1. The van der Waals surface area contributed by atoms with Gasteiger partial charge in [0, 0.05) is 16.1 Å². The number of hydrogen-bond donors (Lipinski definition) is 1. The molecular weight excluding hydrogens is 364 g/mol. The lowest BCUT2D eigenvalue weighted by molar-refractivity contribution is -0.119. The van der Waals surface area contributed by atoms with Crippen LogP contribution in [0.1, 0.15) is 28.5 Å². The first kappa shape index (κ1) is 18.9. The number of esters is 1. The number of carbonyl (C=O) groups excluding carboxylic acids is 2. The lowest BCUT2D eigenvalue weighted by Crippen LogP contribution is -2.22. The Balaban J connectivity index is 1.76. The van der Waals surface area contributed by atoms with E-state index >= 15 is 0 Å². The Morgan fingerprint density at radius 1 is 1.15 bits per heavy atom. The van der Waals surface area contributed by atoms with Crippen LogP contribution in [0.5, 0.6) is 0 Å². The number of aryl methyl sites for hydroxylation is 2. The van der Waals surface area contributed by atoms with Crippen molar-refractivity contribution in [2.45, 2.75) is 20.3 Å². The molecule has 27 heavy (non-hydrogen) atoms. The number of para-hydroxylation sites is 1. The molecule has 2 aromatic carbocycles. The fourth-order valence-corrected chi connectivity index (χ4v) is 3.12. The zero-order chi connectivity index (χ0) is 19.4. The summed E-state index contributed by atoms with van der Waals surface area (Å²) in [6.45, 7) is 3.41. The summed E-state index contributed by atoms with van der Waals surface area (Å²) in [5, 5.41) is 4.05. The number of carbonyl (C=O) groups is 2. The average molecular weight is 383 g/mol. The van der Waals surface area contributed by atoms with Gasteiger partial charge in [0.2, 0.25) is 0 Å². The van der Waals surface area contributed by atoms with Gasteiger partial charge in [0.05, 0.1) is 16.8 Å². The first-order valence-corrected chi connectivity index (χ1v) is 8.98. The van der Waals surface area contributed by atoms with Gasteiger partial charge in [-0.25, -0.2) is 4.79 Å². The number of halogens is 1. The standard InChI is InChI=1S/C21H19ClN2O3/c1-3-17-20(13(2)16-9-4-5-10-18(16)24-17)21(26)27-12-19(25)23-15-8-6-7-14(22)11-15/h4-11H,3,12H2,1-2H3,(H,23,25). The predicted octanol–water partition coefficient (Wildman–Crippen LogP) is 4.55. The van der Waals surface area contributed by atoms with Gasteiger partial charge >= 0.3 is 5.97 Å². The van der Waals surface area contributed by atoms with Crippen LogP contribution in [0.25, 0.3) is 10.9 Å². The maximum Gasteiger partial charge on any atom is 0.340 e. The molecule has 0 atom stereocenters. The van der Waals surface area contributed by atoms with Crippen LogP contribution in [0.2, 0.25) is 5.02 Å². The number of benzene rings is 2. The zero-order valence-corrected chi connectivity index (χ0v) is 15.8. The Bertz CT molecular complexity index is 1020. The molecule has 0 saturated heterocycles. The monoisotopic (exact) mass is 382 g/mol. The van der Waals surface area contributed by atoms with Crippen LogP contribution in [-0.2, 0) is 16.0 Å². The number of fused-ring (bicyclic) bond motifs is 1. The summed E-state index contributed by atoms with van der Waals surface area (Å²) in [7, 11) is 0. The summed E-state index contributed by atoms with van der Waals surface area (Å²) in [6, 6.07) is 14.4. The molecule has 138 valence electrons. The minimum absolute atomic E-state index is 0.388. The summed E-state index contributed by atoms with van der Waals surface area (Å²) >= 11 is 5.89. The number of hydrogen-bond acceptors (Lipinski definition) is 4. The molecule has 0 unspecified atom stereocenters. The summed E-state index contributed by atoms with van der Waals surface area (Å²) in [4.78, 5) is 29.3. The van der Waals surface area contributed by atoms with Crippen molar-refractivity contribution in [2.75, 3.05) is 11.9 Å². The van der Waals surface area contributed by atoms with Crippen molar-refractivity contribution in [2.24, 2.45) is 0 Å². The van der Waals surface area contributed by atoms with E-state index < -0.39 is 11.9 Å². The molecule has 3 aromatic rings. The van der Waals surface area contributed by atoms with Gasteiger partial charge in [-0.15, -0.1) is 0 Å². The molecule has 6 heteroatoms. The third kappa shape index (κ3) is 4.26. The number of anilines is 1. The van der Waals surface area contributed by atoms with Crippen LogP contribution < -0.4 is 5.32 Å². The lowest BCUT2D eigenvalue weighted by Gasteiger charge is -2.13. The summed E-state index contributed by atoms with van der Waals surface area (Å²) in [5.74, 6) is -0.987. The van der Waals surface area contributed by atoms with Crippen LogP contribution in [0, 0.1) is 6.92 Å². The minimum atomic E-state index is -0.552. The summed E-state index contributed by atoms with van der Waals surface area (Å²) < 4.78 is 5.24. The first-order chi connectivity index (χ1) is 13.0. The second-order valence-electron chi connectivity index (χ2n) is 6.06. The van der Waals surface area contributed by atoms with Crippen molar-refractivity contribution >= 4 is 40.1 Å². The zero-order valence-electron chi connectivity index (χ0n) is 15.1. The summed E-state index contributed by atoms with van der Waals surface area (Å²) in [6.07, 6.45) is 0.588. The molecule has 0 radical (unpaired) electrons. The van der Waals surface area contributed by atoms with Crippen LogP contribution >= 0.6 is 11.6 Å². The lowest BCUT2D eigenvalue weighted by atomic mass is 10.0. The molecule has 0 bridgehead atoms. The second-order valence-corrected chi connectivity index (χ2v) is 6.50. The van der Waals surface area contributed by atoms with E-state index in [-0.39, 0.29) is 6.61 Å². The van der Waals surface area contributed by atoms with E-state index in [1.54, 1.807) is 24.3 Å². The number of ether oxygens (including phenoxy) is 1. The molecule has 1 N–H and O–H groups in total. The fraction of sp³-hybridized carbons (Fsp3) is 0.190. The smallest absolute Gasteiger partial charge is 0.340 e. The Morgan fingerprint density at radius 2 is 1.93 bits per heavy atom. The van der Waals surface area contributed by atoms with E-state index in [0.29, 0.717) is 28.4 Å². The van der Waals surface area contributed by atoms with Crippen molar-refractivity contribution in [3.63, 3.8) is 0 Å². The van der Waals surface area contributed by atoms with Crippen molar-refractivity contribution in [1.29, 1.82) is 0 Å². The van der Waals surface area contributed by atoms with E-state index in [1.807, 2.05) is 38.1 Å². The maximum atomic E-state index is 12.6. The highest BCUT2D eigenvalue weighted by Crippen LogP contribution is 2.24. The molecule has 1 heterocycles. The highest BCUT2D eigenvalue weighted by Gasteiger charge is 2.20. The van der Waals surface area contributed by atoms with E-state index in [0.717, 1.165) is 16.5 Å². The third-order valence-electron chi connectivity index (χ3n) is 4.21. The van der Waals surface area contributed by atoms with Gasteiger partial charge < -0.3 is 10.1 Å². The number of pyridine rings is 1. The molecular formula is C21H19ClN2O3. The van der Waals surface area contributed by atoms with Crippen LogP contribution in [0.3, 0.4) is 0 Å². The highest BCUT2D eigenvalue weighted by atomic mass is 35.5. The first-order valence-electron chi connectivity index (χ1n) is 8.60. The Kier molecular flexibility index (Phi) is 5.72. The molecule has 0 fully saturated rings. The number of aromatic nitrogens is 1. The molecule has 5 nitrogen and oxygen atoms in total. The van der Waals surface area contributed by atoms with Crippen molar-refractivity contribution in [3.8, 4) is 0 Å². The van der Waals surface area contributed by atoms with Crippen molar-refractivity contribution < 1.29 is 14.3 Å². The molecule has 0 saturated carbocycles. The van der Waals surface area contributed by atoms with Crippen LogP contribution in [0.15, 0.2) is 48.5 Å². The Morgan fingerprint density at radius 3 is 2.67 bits per heavy atom. The second kappa shape index (κ2) is 8.18. The van der Waals surface area contributed by atoms with Gasteiger partial charge in [-0.1, -0.05) is 42.8 Å². The average Bonchev–Trinajstić information content (AvgIpc) is 2.66. The molecule has 0 aliphatic rings. The predicted molar refractivity (Wildman–Crippen MR) is 106 cm³/mol. The highest BCUT2D eigenvalue weighted by molar-refractivity contribution is 6.30. The molecule has 1 aromatic heterocycles. The van der Waals surface area contributed by atoms with Gasteiger partial charge in [-0.3, -0.25) is 9.78 Å². The minimum Gasteiger partial charge on any atom is -0.452 e. The van der Waals surface area contributed by atoms with E-state index in [4.69, 9.17) is 16.3 Å². The van der Waals surface area contributed by atoms with Gasteiger partial charge in [-0.05, 0) is 43.2 Å². The largest absolute Gasteiger partial charge is 0.452 e. The Hall–Kier alpha value is -2.92. The molecule has 0 spiro atoms. The van der Waals surface area contributed by atoms with E-state index in [9.17, 15) is 9.59 Å². The van der Waals surface area contributed by atoms with E-state index in [1.165, 1.54) is 0 Å². The number of rotatable bonds is 5. The third-order valence-corrected chi connectivity index (χ3v) is 4.44.